The van der Waals surface area contributed by atoms with Gasteiger partial charge in [-0.3, -0.25) is 14.9 Å². The first kappa shape index (κ1) is 23.4. The topological polar surface area (TPSA) is 111 Å². The molecule has 30 heavy (non-hydrogen) atoms. The van der Waals surface area contributed by atoms with Crippen LogP contribution in [0.5, 0.6) is 0 Å². The molecule has 0 spiro atoms. The Hall–Kier alpha value is -2.85. The molecule has 1 aromatic rings. The highest BCUT2D eigenvalue weighted by atomic mass is 19.4. The highest BCUT2D eigenvalue weighted by Crippen LogP contribution is 2.35. The summed E-state index contributed by atoms with van der Waals surface area (Å²) in [6, 6.07) is 0.838. The zero-order valence-electron chi connectivity index (χ0n) is 16.6. The Morgan fingerprint density at radius 3 is 2.57 bits per heavy atom. The molecule has 1 aromatic carbocycles. The van der Waals surface area contributed by atoms with E-state index in [9.17, 15) is 32.9 Å². The third-order valence-corrected chi connectivity index (χ3v) is 5.05. The van der Waals surface area contributed by atoms with E-state index in [1.54, 1.807) is 0 Å². The zero-order valence-corrected chi connectivity index (χ0v) is 16.6. The SMILES string of the molecule is C[C@H](Nc1ccc(C(F)(F)F)cc1[N+](=O)[O-])C(=O)OCC(=O)N[C@H]1CCCC[C@H]1C. The molecular weight excluding hydrogens is 407 g/mol. The maximum atomic E-state index is 12.8. The summed E-state index contributed by atoms with van der Waals surface area (Å²) in [5, 5.41) is 16.4. The predicted octanol–water partition coefficient (Wildman–Crippen LogP) is 3.65. The molecule has 1 fully saturated rings. The maximum absolute atomic E-state index is 12.8. The predicted molar refractivity (Wildman–Crippen MR) is 102 cm³/mol. The number of hydrogen-bond acceptors (Lipinski definition) is 6. The van der Waals surface area contributed by atoms with Gasteiger partial charge in [0.15, 0.2) is 6.61 Å². The second-order valence-corrected chi connectivity index (χ2v) is 7.40. The molecule has 166 valence electrons. The van der Waals surface area contributed by atoms with Crippen LogP contribution < -0.4 is 10.6 Å². The van der Waals surface area contributed by atoms with Crippen molar-refractivity contribution < 1.29 is 32.4 Å². The molecule has 2 N–H and O–H groups in total. The molecule has 1 amide bonds. The Morgan fingerprint density at radius 2 is 1.97 bits per heavy atom. The van der Waals surface area contributed by atoms with E-state index in [4.69, 9.17) is 4.74 Å². The van der Waals surface area contributed by atoms with Crippen molar-refractivity contribution in [2.75, 3.05) is 11.9 Å². The number of nitrogens with one attached hydrogen (secondary N) is 2. The molecule has 0 aliphatic heterocycles. The lowest BCUT2D eigenvalue weighted by Gasteiger charge is -2.29. The van der Waals surface area contributed by atoms with E-state index in [2.05, 4.69) is 10.6 Å². The molecule has 0 radical (unpaired) electrons. The number of nitrogens with zero attached hydrogens (tertiary/aromatic N) is 1. The summed E-state index contributed by atoms with van der Waals surface area (Å²) in [6.45, 7) is 2.85. The maximum Gasteiger partial charge on any atom is 0.416 e. The van der Waals surface area contributed by atoms with Crippen molar-refractivity contribution in [3.05, 3.63) is 33.9 Å². The standard InChI is InChI=1S/C19H24F3N3O5/c1-11-5-3-4-6-14(11)24-17(26)10-30-18(27)12(2)23-15-8-7-13(19(20,21)22)9-16(15)25(28)29/h7-9,11-12,14,23H,3-6,10H2,1-2H3,(H,24,26)/t11-,12+,14+/m1/s1. The number of carbonyl (C=O) groups excluding carboxylic acids is 2. The summed E-state index contributed by atoms with van der Waals surface area (Å²) in [5.74, 6) is -0.981. The molecule has 3 atom stereocenters. The van der Waals surface area contributed by atoms with E-state index in [1.165, 1.54) is 6.92 Å². The van der Waals surface area contributed by atoms with Crippen molar-refractivity contribution in [2.45, 2.75) is 57.8 Å². The van der Waals surface area contributed by atoms with Crippen molar-refractivity contribution in [3.8, 4) is 0 Å². The lowest BCUT2D eigenvalue weighted by molar-refractivity contribution is -0.384. The van der Waals surface area contributed by atoms with Gasteiger partial charge in [0.05, 0.1) is 10.5 Å². The summed E-state index contributed by atoms with van der Waals surface area (Å²) in [7, 11) is 0. The molecule has 0 aromatic heterocycles. The highest BCUT2D eigenvalue weighted by molar-refractivity contribution is 5.84. The molecule has 8 nitrogen and oxygen atoms in total. The molecule has 0 saturated heterocycles. The number of esters is 1. The van der Waals surface area contributed by atoms with Crippen LogP contribution in [0.4, 0.5) is 24.5 Å². The minimum Gasteiger partial charge on any atom is -0.454 e. The van der Waals surface area contributed by atoms with Gasteiger partial charge in [0.1, 0.15) is 11.7 Å². The van der Waals surface area contributed by atoms with Crippen LogP contribution in [0.25, 0.3) is 0 Å². The summed E-state index contributed by atoms with van der Waals surface area (Å²) < 4.78 is 43.2. The number of amides is 1. The quantitative estimate of drug-likeness (QED) is 0.387. The summed E-state index contributed by atoms with van der Waals surface area (Å²) >= 11 is 0. The first-order valence-corrected chi connectivity index (χ1v) is 9.57. The van der Waals surface area contributed by atoms with Gasteiger partial charge < -0.3 is 15.4 Å². The van der Waals surface area contributed by atoms with Crippen molar-refractivity contribution in [2.24, 2.45) is 5.92 Å². The van der Waals surface area contributed by atoms with Gasteiger partial charge in [-0.25, -0.2) is 4.79 Å². The first-order valence-electron chi connectivity index (χ1n) is 9.57. The van der Waals surface area contributed by atoms with Gasteiger partial charge >= 0.3 is 12.1 Å². The Morgan fingerprint density at radius 1 is 1.30 bits per heavy atom. The van der Waals surface area contributed by atoms with E-state index in [0.29, 0.717) is 18.1 Å². The molecule has 11 heteroatoms. The number of rotatable bonds is 7. The number of nitro groups is 1. The van der Waals surface area contributed by atoms with E-state index in [1.807, 2.05) is 6.92 Å². The molecule has 2 rings (SSSR count). The average molecular weight is 431 g/mol. The number of nitro benzene ring substituents is 1. The first-order chi connectivity index (χ1) is 14.0. The van der Waals surface area contributed by atoms with Gasteiger partial charge in [-0.05, 0) is 37.8 Å². The third-order valence-electron chi connectivity index (χ3n) is 5.05. The van der Waals surface area contributed by atoms with E-state index in [0.717, 1.165) is 31.7 Å². The minimum atomic E-state index is -4.74. The second kappa shape index (κ2) is 9.77. The number of ether oxygens (including phenoxy) is 1. The van der Waals surface area contributed by atoms with Crippen molar-refractivity contribution in [3.63, 3.8) is 0 Å². The minimum absolute atomic E-state index is 0.0234. The summed E-state index contributed by atoms with van der Waals surface area (Å²) in [6.07, 6.45) is -0.741. The Bertz CT molecular complexity index is 800. The molecule has 0 unspecified atom stereocenters. The number of benzene rings is 1. The average Bonchev–Trinajstić information content (AvgIpc) is 2.67. The fourth-order valence-electron chi connectivity index (χ4n) is 3.31. The van der Waals surface area contributed by atoms with Crippen molar-refractivity contribution in [1.29, 1.82) is 0 Å². The van der Waals surface area contributed by atoms with Crippen LogP contribution in [0.1, 0.15) is 45.1 Å². The summed E-state index contributed by atoms with van der Waals surface area (Å²) in [4.78, 5) is 34.2. The van der Waals surface area contributed by atoms with Gasteiger partial charge in [0.25, 0.3) is 11.6 Å². The van der Waals surface area contributed by atoms with Gasteiger partial charge in [-0.1, -0.05) is 19.8 Å². The fraction of sp³-hybridized carbons (Fsp3) is 0.579. The normalized spacial score (nSPS) is 20.2. The van der Waals surface area contributed by atoms with Crippen LogP contribution in [0.15, 0.2) is 18.2 Å². The number of carbonyl (C=O) groups is 2. The van der Waals surface area contributed by atoms with Crippen LogP contribution in [0, 0.1) is 16.0 Å². The van der Waals surface area contributed by atoms with Crippen LogP contribution in [-0.2, 0) is 20.5 Å². The molecule has 0 heterocycles. The number of halogens is 3. The van der Waals surface area contributed by atoms with Gasteiger partial charge in [-0.15, -0.1) is 0 Å². The Balaban J connectivity index is 1.93. The van der Waals surface area contributed by atoms with E-state index in [-0.39, 0.29) is 11.7 Å². The zero-order chi connectivity index (χ0) is 22.5. The largest absolute Gasteiger partial charge is 0.454 e. The number of hydrogen-bond donors (Lipinski definition) is 2. The number of anilines is 1. The monoisotopic (exact) mass is 431 g/mol. The highest BCUT2D eigenvalue weighted by Gasteiger charge is 2.33. The van der Waals surface area contributed by atoms with Gasteiger partial charge in [-0.2, -0.15) is 13.2 Å². The Labute approximate surface area is 171 Å². The fourth-order valence-corrected chi connectivity index (χ4v) is 3.31. The molecule has 1 saturated carbocycles. The lowest BCUT2D eigenvalue weighted by Crippen LogP contribution is -2.43. The smallest absolute Gasteiger partial charge is 0.416 e. The van der Waals surface area contributed by atoms with Gasteiger partial charge in [0.2, 0.25) is 0 Å². The lowest BCUT2D eigenvalue weighted by atomic mass is 9.86. The second-order valence-electron chi connectivity index (χ2n) is 7.40. The number of alkyl halides is 3. The van der Waals surface area contributed by atoms with Crippen LogP contribution in [0.2, 0.25) is 0 Å². The molecule has 0 bridgehead atoms. The summed E-state index contributed by atoms with van der Waals surface area (Å²) in [5.41, 5.74) is -2.27. The van der Waals surface area contributed by atoms with Crippen LogP contribution >= 0.6 is 0 Å². The Kier molecular flexibility index (Phi) is 7.63. The third kappa shape index (κ3) is 6.33. The molecule has 1 aliphatic carbocycles. The van der Waals surface area contributed by atoms with Crippen molar-refractivity contribution >= 4 is 23.3 Å². The van der Waals surface area contributed by atoms with E-state index < -0.39 is 46.9 Å². The van der Waals surface area contributed by atoms with Crippen LogP contribution in [-0.4, -0.2) is 35.5 Å². The molecule has 1 aliphatic rings. The van der Waals surface area contributed by atoms with Crippen LogP contribution in [0.3, 0.4) is 0 Å². The van der Waals surface area contributed by atoms with Gasteiger partial charge in [0, 0.05) is 12.1 Å². The van der Waals surface area contributed by atoms with Crippen molar-refractivity contribution in [1.82, 2.24) is 5.32 Å². The molecular formula is C19H24F3N3O5. The van der Waals surface area contributed by atoms with E-state index >= 15 is 0 Å².